The van der Waals surface area contributed by atoms with E-state index in [1.54, 1.807) is 0 Å². The molecule has 0 unspecified atom stereocenters. The first-order chi connectivity index (χ1) is 7.77. The molecule has 0 heterocycles. The lowest BCUT2D eigenvalue weighted by molar-refractivity contribution is -0.112. The molecule has 0 aliphatic heterocycles. The molecule has 0 spiro atoms. The van der Waals surface area contributed by atoms with Crippen LogP contribution >= 0.6 is 0 Å². The zero-order valence-electron chi connectivity index (χ0n) is 8.73. The fourth-order valence-corrected chi connectivity index (χ4v) is 2.36. The number of allylic oxidation sites excluding steroid dienone is 1. The van der Waals surface area contributed by atoms with Crippen LogP contribution in [0.5, 0.6) is 0 Å². The fraction of sp³-hybridized carbons (Fsp3) is 0.0714. The molecule has 0 bridgehead atoms. The summed E-state index contributed by atoms with van der Waals surface area (Å²) in [6, 6.07) is 12.2. The van der Waals surface area contributed by atoms with Gasteiger partial charge >= 0.3 is 0 Å². The van der Waals surface area contributed by atoms with Gasteiger partial charge in [0.15, 0.2) is 0 Å². The van der Waals surface area contributed by atoms with E-state index in [0.29, 0.717) is 5.57 Å². The first-order valence-corrected chi connectivity index (χ1v) is 5.28. The van der Waals surface area contributed by atoms with E-state index >= 15 is 0 Å². The molecule has 1 aliphatic rings. The maximum atomic E-state index is 11.3. The van der Waals surface area contributed by atoms with E-state index in [2.05, 4.69) is 12.1 Å². The van der Waals surface area contributed by atoms with Crippen molar-refractivity contribution in [1.82, 2.24) is 0 Å². The van der Waals surface area contributed by atoms with Crippen LogP contribution in [-0.4, -0.2) is 5.91 Å². The summed E-state index contributed by atoms with van der Waals surface area (Å²) in [4.78, 5) is 11.3. The Morgan fingerprint density at radius 3 is 2.75 bits per heavy atom. The first kappa shape index (κ1) is 9.16. The van der Waals surface area contributed by atoms with Gasteiger partial charge in [0, 0.05) is 5.57 Å². The van der Waals surface area contributed by atoms with E-state index in [-0.39, 0.29) is 5.91 Å². The summed E-state index contributed by atoms with van der Waals surface area (Å²) < 4.78 is 0. The molecule has 0 saturated heterocycles. The molecule has 0 fully saturated rings. The van der Waals surface area contributed by atoms with Crippen LogP contribution in [0.4, 0.5) is 0 Å². The molecule has 16 heavy (non-hydrogen) atoms. The molecule has 2 aromatic carbocycles. The van der Waals surface area contributed by atoms with Gasteiger partial charge in [-0.05, 0) is 28.3 Å². The largest absolute Gasteiger partial charge is 0.366 e. The number of amides is 1. The number of nitrogens with two attached hydrogens (primary N) is 1. The van der Waals surface area contributed by atoms with Gasteiger partial charge < -0.3 is 5.73 Å². The molecule has 1 aliphatic carbocycles. The van der Waals surface area contributed by atoms with Gasteiger partial charge in [-0.2, -0.15) is 0 Å². The molecule has 0 radical (unpaired) electrons. The Labute approximate surface area is 93.4 Å². The third-order valence-corrected chi connectivity index (χ3v) is 3.11. The molecule has 3 rings (SSSR count). The summed E-state index contributed by atoms with van der Waals surface area (Å²) in [5.41, 5.74) is 8.21. The average molecular weight is 209 g/mol. The normalized spacial score (nSPS) is 13.6. The van der Waals surface area contributed by atoms with Gasteiger partial charge in [-0.25, -0.2) is 0 Å². The second-order valence-electron chi connectivity index (χ2n) is 4.00. The Morgan fingerprint density at radius 1 is 1.12 bits per heavy atom. The Balaban J connectivity index is 2.30. The van der Waals surface area contributed by atoms with Crippen molar-refractivity contribution in [2.75, 3.05) is 0 Å². The SMILES string of the molecule is NC(=O)C1=CCc2c1ccc1ccccc21. The Bertz CT molecular complexity index is 626. The van der Waals surface area contributed by atoms with Crippen molar-refractivity contribution in [2.24, 2.45) is 5.73 Å². The van der Waals surface area contributed by atoms with E-state index in [4.69, 9.17) is 5.73 Å². The van der Waals surface area contributed by atoms with Crippen molar-refractivity contribution in [1.29, 1.82) is 0 Å². The molecular weight excluding hydrogens is 198 g/mol. The highest BCUT2D eigenvalue weighted by Crippen LogP contribution is 2.32. The Hall–Kier alpha value is -2.09. The predicted molar refractivity (Wildman–Crippen MR) is 64.8 cm³/mol. The topological polar surface area (TPSA) is 43.1 Å². The molecule has 2 N–H and O–H groups in total. The third kappa shape index (κ3) is 1.16. The van der Waals surface area contributed by atoms with Gasteiger partial charge in [0.1, 0.15) is 0 Å². The lowest BCUT2D eigenvalue weighted by atomic mass is 9.98. The minimum atomic E-state index is -0.339. The average Bonchev–Trinajstić information content (AvgIpc) is 2.73. The summed E-state index contributed by atoms with van der Waals surface area (Å²) in [6.45, 7) is 0. The van der Waals surface area contributed by atoms with Crippen LogP contribution in [0.15, 0.2) is 42.5 Å². The fourth-order valence-electron chi connectivity index (χ4n) is 2.36. The number of benzene rings is 2. The van der Waals surface area contributed by atoms with Crippen molar-refractivity contribution >= 4 is 22.3 Å². The molecule has 0 aromatic heterocycles. The lowest BCUT2D eigenvalue weighted by Crippen LogP contribution is -2.11. The second kappa shape index (κ2) is 3.20. The molecule has 1 amide bonds. The first-order valence-electron chi connectivity index (χ1n) is 5.28. The van der Waals surface area contributed by atoms with E-state index in [0.717, 1.165) is 12.0 Å². The molecule has 2 nitrogen and oxygen atoms in total. The minimum absolute atomic E-state index is 0.339. The molecule has 2 aromatic rings. The maximum absolute atomic E-state index is 11.3. The molecule has 0 atom stereocenters. The number of carbonyl (C=O) groups excluding carboxylic acids is 1. The Morgan fingerprint density at radius 2 is 1.94 bits per heavy atom. The van der Waals surface area contributed by atoms with Crippen LogP contribution < -0.4 is 5.73 Å². The summed E-state index contributed by atoms with van der Waals surface area (Å²) in [6.07, 6.45) is 2.72. The van der Waals surface area contributed by atoms with Crippen LogP contribution in [0.1, 0.15) is 11.1 Å². The van der Waals surface area contributed by atoms with E-state index < -0.39 is 0 Å². The smallest absolute Gasteiger partial charge is 0.249 e. The van der Waals surface area contributed by atoms with Crippen molar-refractivity contribution in [3.63, 3.8) is 0 Å². The standard InChI is InChI=1S/C14H11NO/c15-14(16)13-8-7-11-10-4-2-1-3-9(10)5-6-12(11)13/h1-6,8H,7H2,(H2,15,16). The summed E-state index contributed by atoms with van der Waals surface area (Å²) in [7, 11) is 0. The number of hydrogen-bond acceptors (Lipinski definition) is 1. The van der Waals surface area contributed by atoms with E-state index in [1.165, 1.54) is 16.3 Å². The third-order valence-electron chi connectivity index (χ3n) is 3.11. The maximum Gasteiger partial charge on any atom is 0.249 e. The summed E-state index contributed by atoms with van der Waals surface area (Å²) in [5.74, 6) is -0.339. The van der Waals surface area contributed by atoms with Crippen LogP contribution in [0.3, 0.4) is 0 Å². The van der Waals surface area contributed by atoms with E-state index in [9.17, 15) is 4.79 Å². The molecule has 0 saturated carbocycles. The highest BCUT2D eigenvalue weighted by atomic mass is 16.1. The summed E-state index contributed by atoms with van der Waals surface area (Å²) >= 11 is 0. The number of primary amides is 1. The second-order valence-corrected chi connectivity index (χ2v) is 4.00. The van der Waals surface area contributed by atoms with Crippen LogP contribution in [0.2, 0.25) is 0 Å². The van der Waals surface area contributed by atoms with Crippen LogP contribution in [0.25, 0.3) is 16.3 Å². The molecule has 2 heteroatoms. The van der Waals surface area contributed by atoms with Crippen molar-refractivity contribution in [2.45, 2.75) is 6.42 Å². The summed E-state index contributed by atoms with van der Waals surface area (Å²) in [5, 5.41) is 2.42. The van der Waals surface area contributed by atoms with Gasteiger partial charge in [0.2, 0.25) is 5.91 Å². The lowest BCUT2D eigenvalue weighted by Gasteiger charge is -2.06. The molecular formula is C14H11NO. The Kier molecular flexibility index (Phi) is 1.83. The number of hydrogen-bond donors (Lipinski definition) is 1. The van der Waals surface area contributed by atoms with Crippen LogP contribution in [-0.2, 0) is 11.2 Å². The number of rotatable bonds is 1. The van der Waals surface area contributed by atoms with Gasteiger partial charge in [-0.15, -0.1) is 0 Å². The van der Waals surface area contributed by atoms with Gasteiger partial charge in [0.25, 0.3) is 0 Å². The van der Waals surface area contributed by atoms with Crippen molar-refractivity contribution in [3.05, 3.63) is 53.6 Å². The van der Waals surface area contributed by atoms with E-state index in [1.807, 2.05) is 30.3 Å². The van der Waals surface area contributed by atoms with Crippen LogP contribution in [0, 0.1) is 0 Å². The minimum Gasteiger partial charge on any atom is -0.366 e. The zero-order chi connectivity index (χ0) is 11.1. The predicted octanol–water partition coefficient (Wildman–Crippen LogP) is 2.26. The quantitative estimate of drug-likeness (QED) is 0.769. The van der Waals surface area contributed by atoms with Gasteiger partial charge in [-0.3, -0.25) is 4.79 Å². The highest BCUT2D eigenvalue weighted by molar-refractivity contribution is 6.21. The number of carbonyl (C=O) groups is 1. The van der Waals surface area contributed by atoms with Gasteiger partial charge in [-0.1, -0.05) is 42.5 Å². The monoisotopic (exact) mass is 209 g/mol. The molecule has 78 valence electrons. The van der Waals surface area contributed by atoms with Crippen molar-refractivity contribution < 1.29 is 4.79 Å². The van der Waals surface area contributed by atoms with Gasteiger partial charge in [0.05, 0.1) is 0 Å². The highest BCUT2D eigenvalue weighted by Gasteiger charge is 2.19. The zero-order valence-corrected chi connectivity index (χ0v) is 8.73. The number of fused-ring (bicyclic) bond motifs is 3. The van der Waals surface area contributed by atoms with Crippen molar-refractivity contribution in [3.8, 4) is 0 Å².